The van der Waals surface area contributed by atoms with Crippen LogP contribution in [0.4, 0.5) is 5.69 Å². The molecule has 2 aliphatic heterocycles. The lowest BCUT2D eigenvalue weighted by molar-refractivity contribution is -0.150. The number of hydrogen-bond donors (Lipinski definition) is 1. The molecule has 3 aromatic rings. The van der Waals surface area contributed by atoms with Gasteiger partial charge in [-0.3, -0.25) is 14.6 Å². The van der Waals surface area contributed by atoms with Crippen molar-refractivity contribution in [2.24, 2.45) is 11.8 Å². The van der Waals surface area contributed by atoms with Gasteiger partial charge in [0.2, 0.25) is 6.79 Å². The molecular formula is C31H28N2O5. The minimum atomic E-state index is -0.933. The number of rotatable bonds is 3. The molecule has 0 saturated heterocycles. The van der Waals surface area contributed by atoms with Gasteiger partial charge in [-0.15, -0.1) is 0 Å². The first kappa shape index (κ1) is 23.0. The Morgan fingerprint density at radius 2 is 2.00 bits per heavy atom. The molecule has 4 atom stereocenters. The first-order valence-corrected chi connectivity index (χ1v) is 13.2. The fourth-order valence-corrected chi connectivity index (χ4v) is 6.78. The van der Waals surface area contributed by atoms with Crippen LogP contribution in [0.1, 0.15) is 48.6 Å². The van der Waals surface area contributed by atoms with E-state index in [0.29, 0.717) is 17.9 Å². The molecule has 3 heterocycles. The summed E-state index contributed by atoms with van der Waals surface area (Å²) >= 11 is 0. The number of nitrogens with one attached hydrogen (secondary N) is 1. The third-order valence-corrected chi connectivity index (χ3v) is 8.49. The Morgan fingerprint density at radius 1 is 1.11 bits per heavy atom. The van der Waals surface area contributed by atoms with Crippen molar-refractivity contribution < 1.29 is 23.8 Å². The van der Waals surface area contributed by atoms with Crippen LogP contribution in [0.5, 0.6) is 11.5 Å². The van der Waals surface area contributed by atoms with Gasteiger partial charge in [-0.1, -0.05) is 24.3 Å². The molecule has 0 amide bonds. The Morgan fingerprint density at radius 3 is 2.84 bits per heavy atom. The summed E-state index contributed by atoms with van der Waals surface area (Å²) < 4.78 is 16.3. The number of hydrogen-bond acceptors (Lipinski definition) is 7. The van der Waals surface area contributed by atoms with E-state index >= 15 is 0 Å². The van der Waals surface area contributed by atoms with E-state index in [0.717, 1.165) is 58.2 Å². The third kappa shape index (κ3) is 3.52. The van der Waals surface area contributed by atoms with Gasteiger partial charge < -0.3 is 19.5 Å². The molecule has 4 unspecified atom stereocenters. The summed E-state index contributed by atoms with van der Waals surface area (Å²) in [5, 5.41) is 4.67. The number of fused-ring (bicyclic) bond motifs is 4. The number of benzene rings is 2. The molecule has 0 radical (unpaired) electrons. The highest BCUT2D eigenvalue weighted by atomic mass is 16.7. The number of nitrogens with zero attached hydrogens (tertiary/aromatic N) is 1. The van der Waals surface area contributed by atoms with Gasteiger partial charge in [0.15, 0.2) is 17.3 Å². The van der Waals surface area contributed by atoms with Gasteiger partial charge in [-0.05, 0) is 73.1 Å². The number of Topliss-reactive ketones (excluding diaryl/α,β-unsaturated/α-hetero) is 1. The maximum absolute atomic E-state index is 14.5. The zero-order chi connectivity index (χ0) is 25.8. The smallest absolute Gasteiger partial charge is 0.317 e. The van der Waals surface area contributed by atoms with Gasteiger partial charge in [0.1, 0.15) is 5.92 Å². The van der Waals surface area contributed by atoms with Crippen molar-refractivity contribution in [3.05, 3.63) is 83.2 Å². The summed E-state index contributed by atoms with van der Waals surface area (Å²) in [6, 6.07) is 13.8. The maximum atomic E-state index is 14.5. The molecule has 192 valence electrons. The summed E-state index contributed by atoms with van der Waals surface area (Å²) in [5.74, 6) is -0.552. The van der Waals surface area contributed by atoms with Gasteiger partial charge in [0.05, 0.1) is 12.6 Å². The number of ether oxygens (including phenoxy) is 3. The molecule has 38 heavy (non-hydrogen) atoms. The van der Waals surface area contributed by atoms with Crippen LogP contribution in [0.3, 0.4) is 0 Å². The number of anilines is 1. The number of methoxy groups -OCH3 is 1. The van der Waals surface area contributed by atoms with Crippen molar-refractivity contribution >= 4 is 28.3 Å². The Kier molecular flexibility index (Phi) is 5.46. The predicted octanol–water partition coefficient (Wildman–Crippen LogP) is 5.63. The molecule has 7 nitrogen and oxygen atoms in total. The first-order valence-electron chi connectivity index (χ1n) is 13.2. The van der Waals surface area contributed by atoms with Crippen LogP contribution in [0.15, 0.2) is 72.1 Å². The fourth-order valence-electron chi connectivity index (χ4n) is 6.78. The van der Waals surface area contributed by atoms with E-state index in [9.17, 15) is 9.59 Å². The Labute approximate surface area is 220 Å². The zero-order valence-electron chi connectivity index (χ0n) is 21.1. The van der Waals surface area contributed by atoms with Gasteiger partial charge in [-0.2, -0.15) is 0 Å². The van der Waals surface area contributed by atoms with Crippen molar-refractivity contribution in [3.8, 4) is 11.5 Å². The standard InChI is InChI=1S/C31H28N2O5/c1-36-31(35)28-20(18-9-12-24-25(14-18)38-16-37-24)15-23-29(30(28)34)26(17-6-3-2-4-7-17)27-19-8-5-13-32-21(19)10-11-22(27)33-23/h2-3,5,8-14,17,20,26,28,33H,4,6-7,15-16H2,1H3. The predicted molar refractivity (Wildman–Crippen MR) is 142 cm³/mol. The van der Waals surface area contributed by atoms with Crippen LogP contribution in [-0.2, 0) is 14.3 Å². The van der Waals surface area contributed by atoms with Gasteiger partial charge >= 0.3 is 5.97 Å². The minimum Gasteiger partial charge on any atom is -0.468 e. The lowest BCUT2D eigenvalue weighted by atomic mass is 9.64. The average Bonchev–Trinajstić information content (AvgIpc) is 3.44. The van der Waals surface area contributed by atoms with Crippen LogP contribution in [-0.4, -0.2) is 30.6 Å². The van der Waals surface area contributed by atoms with Crippen LogP contribution >= 0.6 is 0 Å². The van der Waals surface area contributed by atoms with Gasteiger partial charge in [0, 0.05) is 40.4 Å². The Balaban J connectivity index is 1.40. The largest absolute Gasteiger partial charge is 0.468 e. The van der Waals surface area contributed by atoms with E-state index < -0.39 is 11.9 Å². The fraction of sp³-hybridized carbons (Fsp3) is 0.323. The summed E-state index contributed by atoms with van der Waals surface area (Å²) in [6.45, 7) is 0.163. The number of carbonyl (C=O) groups is 2. The van der Waals surface area contributed by atoms with Crippen LogP contribution in [0, 0.1) is 11.8 Å². The minimum absolute atomic E-state index is 0.128. The van der Waals surface area contributed by atoms with E-state index in [4.69, 9.17) is 14.2 Å². The second-order valence-electron chi connectivity index (χ2n) is 10.4. The van der Waals surface area contributed by atoms with Crippen molar-refractivity contribution in [2.75, 3.05) is 19.2 Å². The lowest BCUT2D eigenvalue weighted by Crippen LogP contribution is -2.41. The lowest BCUT2D eigenvalue weighted by Gasteiger charge is -2.42. The van der Waals surface area contributed by atoms with Gasteiger partial charge in [-0.25, -0.2) is 0 Å². The number of ketones is 1. The number of carbonyl (C=O) groups excluding carboxylic acids is 2. The van der Waals surface area contributed by atoms with Crippen molar-refractivity contribution in [1.82, 2.24) is 4.98 Å². The highest BCUT2D eigenvalue weighted by molar-refractivity contribution is 6.12. The van der Waals surface area contributed by atoms with Crippen molar-refractivity contribution in [1.29, 1.82) is 0 Å². The molecular weight excluding hydrogens is 480 g/mol. The monoisotopic (exact) mass is 508 g/mol. The molecule has 2 aromatic carbocycles. The topological polar surface area (TPSA) is 86.8 Å². The highest BCUT2D eigenvalue weighted by Gasteiger charge is 2.49. The van der Waals surface area contributed by atoms with Crippen molar-refractivity contribution in [2.45, 2.75) is 37.5 Å². The molecule has 0 bridgehead atoms. The molecule has 0 fully saturated rings. The molecule has 4 aliphatic rings. The van der Waals surface area contributed by atoms with E-state index in [-0.39, 0.29) is 30.3 Å². The van der Waals surface area contributed by atoms with Crippen LogP contribution < -0.4 is 14.8 Å². The molecule has 0 saturated carbocycles. The summed E-state index contributed by atoms with van der Waals surface area (Å²) in [6.07, 6.45) is 9.60. The number of allylic oxidation sites excluding steroid dienone is 4. The van der Waals surface area contributed by atoms with E-state index in [2.05, 4.69) is 34.6 Å². The van der Waals surface area contributed by atoms with E-state index in [1.165, 1.54) is 7.11 Å². The molecule has 1 aromatic heterocycles. The normalized spacial score (nSPS) is 25.6. The quantitative estimate of drug-likeness (QED) is 0.279. The molecule has 2 aliphatic carbocycles. The Bertz CT molecular complexity index is 1540. The molecule has 0 spiro atoms. The molecule has 1 N–H and O–H groups in total. The summed E-state index contributed by atoms with van der Waals surface area (Å²) in [4.78, 5) is 32.3. The second-order valence-corrected chi connectivity index (χ2v) is 10.4. The van der Waals surface area contributed by atoms with Crippen LogP contribution in [0.25, 0.3) is 10.9 Å². The van der Waals surface area contributed by atoms with E-state index in [1.54, 1.807) is 6.20 Å². The van der Waals surface area contributed by atoms with Gasteiger partial charge in [0.25, 0.3) is 0 Å². The Hall–Kier alpha value is -4.13. The van der Waals surface area contributed by atoms with E-state index in [1.807, 2.05) is 30.3 Å². The first-order chi connectivity index (χ1) is 18.6. The number of esters is 1. The average molecular weight is 509 g/mol. The zero-order valence-corrected chi connectivity index (χ0v) is 21.1. The molecule has 7 heteroatoms. The summed E-state index contributed by atoms with van der Waals surface area (Å²) in [5.41, 5.74) is 5.50. The second kappa shape index (κ2) is 9.01. The highest BCUT2D eigenvalue weighted by Crippen LogP contribution is 2.54. The third-order valence-electron chi connectivity index (χ3n) is 8.49. The maximum Gasteiger partial charge on any atom is 0.317 e. The summed E-state index contributed by atoms with van der Waals surface area (Å²) in [7, 11) is 1.35. The number of aromatic nitrogens is 1. The SMILES string of the molecule is COC(=O)C1C(=O)C2=C(CC1c1ccc3c(c1)OCO3)Nc1ccc3ncccc3c1C2C1CC=CCC1. The molecule has 7 rings (SSSR count). The van der Waals surface area contributed by atoms with Crippen molar-refractivity contribution in [3.63, 3.8) is 0 Å². The number of pyridine rings is 1. The van der Waals surface area contributed by atoms with Crippen LogP contribution in [0.2, 0.25) is 0 Å².